The molecule has 2 aromatic carbocycles. The van der Waals surface area contributed by atoms with Crippen molar-refractivity contribution in [2.75, 3.05) is 32.2 Å². The van der Waals surface area contributed by atoms with E-state index in [0.717, 1.165) is 0 Å². The molecule has 5 nitrogen and oxygen atoms in total. The molecule has 2 unspecified atom stereocenters. The van der Waals surface area contributed by atoms with Crippen LogP contribution < -0.4 is 16.8 Å². The molecule has 2 aliphatic rings. The number of carbonyl (C=O) groups excluding carboxylic acids is 1. The number of alkyl halides is 2. The minimum atomic E-state index is -0.910. The van der Waals surface area contributed by atoms with Crippen molar-refractivity contribution in [3.05, 3.63) is 63.9 Å². The summed E-state index contributed by atoms with van der Waals surface area (Å²) in [7, 11) is 0. The largest absolute Gasteiger partial charge is 0.468 e. The van der Waals surface area contributed by atoms with Gasteiger partial charge in [-0.1, -0.05) is 41.4 Å². The zero-order valence-corrected chi connectivity index (χ0v) is 20.4. The van der Waals surface area contributed by atoms with E-state index in [2.05, 4.69) is 10.1 Å². The van der Waals surface area contributed by atoms with Gasteiger partial charge in [-0.05, 0) is 49.6 Å². The molecule has 2 atom stereocenters. The number of benzene rings is 2. The zero-order chi connectivity index (χ0) is 25.4. The van der Waals surface area contributed by atoms with E-state index in [1.807, 2.05) is 6.07 Å². The van der Waals surface area contributed by atoms with Crippen LogP contribution in [0.3, 0.4) is 0 Å². The molecule has 2 aromatic rings. The van der Waals surface area contributed by atoms with Gasteiger partial charge in [0.25, 0.3) is 6.47 Å². The van der Waals surface area contributed by atoms with Gasteiger partial charge in [0.05, 0.1) is 25.0 Å². The predicted molar refractivity (Wildman–Crippen MR) is 130 cm³/mol. The third-order valence-electron chi connectivity index (χ3n) is 6.16. The van der Waals surface area contributed by atoms with Gasteiger partial charge in [0.2, 0.25) is 0 Å². The normalized spacial score (nSPS) is 21.4. The number of anilines is 1. The summed E-state index contributed by atoms with van der Waals surface area (Å²) < 4.78 is 44.3. The maximum atomic E-state index is 14.1. The molecule has 5 N–H and O–H groups in total. The zero-order valence-electron chi connectivity index (χ0n) is 18.9. The lowest BCUT2D eigenvalue weighted by Gasteiger charge is -2.54. The Morgan fingerprint density at radius 1 is 1.18 bits per heavy atom. The van der Waals surface area contributed by atoms with Crippen LogP contribution in [-0.2, 0) is 9.53 Å². The Kier molecular flexibility index (Phi) is 10.5. The molecule has 1 heterocycles. The minimum Gasteiger partial charge on any atom is -0.468 e. The Labute approximate surface area is 207 Å². The van der Waals surface area contributed by atoms with Gasteiger partial charge in [0, 0.05) is 40.2 Å². The van der Waals surface area contributed by atoms with Crippen molar-refractivity contribution < 1.29 is 22.7 Å². The van der Waals surface area contributed by atoms with E-state index in [1.54, 1.807) is 37.3 Å². The first-order chi connectivity index (χ1) is 16.2. The second-order valence-electron chi connectivity index (χ2n) is 8.54. The van der Waals surface area contributed by atoms with Gasteiger partial charge in [-0.2, -0.15) is 0 Å². The minimum absolute atomic E-state index is 0.0659. The van der Waals surface area contributed by atoms with Gasteiger partial charge in [-0.25, -0.2) is 4.39 Å². The second-order valence-corrected chi connectivity index (χ2v) is 9.38. The monoisotopic (exact) mass is 519 g/mol. The summed E-state index contributed by atoms with van der Waals surface area (Å²) in [6.07, 6.45) is 0.708. The second kappa shape index (κ2) is 12.6. The van der Waals surface area contributed by atoms with Crippen molar-refractivity contribution in [3.63, 3.8) is 0 Å². The van der Waals surface area contributed by atoms with Gasteiger partial charge in [0.1, 0.15) is 5.82 Å². The van der Waals surface area contributed by atoms with Crippen LogP contribution in [0.2, 0.25) is 10.0 Å². The summed E-state index contributed by atoms with van der Waals surface area (Å²) in [5.74, 6) is -0.694. The van der Waals surface area contributed by atoms with E-state index in [1.165, 1.54) is 6.07 Å². The average molecular weight is 520 g/mol. The lowest BCUT2D eigenvalue weighted by atomic mass is 9.55. The molecular formula is C24H30Cl2F3N3O2. The molecule has 0 aromatic heterocycles. The molecule has 2 fully saturated rings. The number of carbonyl (C=O) groups is 1. The highest BCUT2D eigenvalue weighted by Crippen LogP contribution is 2.54. The van der Waals surface area contributed by atoms with Gasteiger partial charge in [-0.3, -0.25) is 13.6 Å². The molecule has 0 radical (unpaired) electrons. The topological polar surface area (TPSA) is 90.4 Å². The Morgan fingerprint density at radius 3 is 2.29 bits per heavy atom. The number of nitrogen functional groups attached to an aromatic ring is 1. The highest BCUT2D eigenvalue weighted by Gasteiger charge is 2.61. The van der Waals surface area contributed by atoms with Gasteiger partial charge < -0.3 is 21.5 Å². The van der Waals surface area contributed by atoms with Crippen molar-refractivity contribution >= 4 is 35.4 Å². The molecular weight excluding hydrogens is 490 g/mol. The van der Waals surface area contributed by atoms with E-state index in [0.29, 0.717) is 48.7 Å². The first kappa shape index (κ1) is 28.2. The van der Waals surface area contributed by atoms with Crippen LogP contribution in [0.4, 0.5) is 18.9 Å². The molecule has 1 saturated carbocycles. The Bertz CT molecular complexity index is 922. The van der Waals surface area contributed by atoms with Gasteiger partial charge in [0.15, 0.2) is 0 Å². The number of ether oxygens (including phenoxy) is 1. The summed E-state index contributed by atoms with van der Waals surface area (Å²) in [4.78, 5) is 9.18. The van der Waals surface area contributed by atoms with Crippen LogP contribution in [-0.4, -0.2) is 44.6 Å². The SMILES string of the molecule is CCOC=O.NC1C(c2cccc(Cl)c2F)CNC12CC(CF)(CF)C2.Nc1cccc(Cl)c1. The Morgan fingerprint density at radius 2 is 1.82 bits per heavy atom. The van der Waals surface area contributed by atoms with E-state index < -0.39 is 30.1 Å². The van der Waals surface area contributed by atoms with Crippen molar-refractivity contribution in [2.45, 2.75) is 37.3 Å². The van der Waals surface area contributed by atoms with Crippen LogP contribution in [0.5, 0.6) is 0 Å². The molecule has 1 aliphatic carbocycles. The highest BCUT2D eigenvalue weighted by atomic mass is 35.5. The average Bonchev–Trinajstić information content (AvgIpc) is 3.12. The van der Waals surface area contributed by atoms with Crippen molar-refractivity contribution in [2.24, 2.45) is 11.1 Å². The fourth-order valence-electron chi connectivity index (χ4n) is 4.50. The third-order valence-corrected chi connectivity index (χ3v) is 6.68. The summed E-state index contributed by atoms with van der Waals surface area (Å²) in [5.41, 5.74) is 11.4. The smallest absolute Gasteiger partial charge is 0.293 e. The Balaban J connectivity index is 0.000000258. The first-order valence-corrected chi connectivity index (χ1v) is 11.6. The summed E-state index contributed by atoms with van der Waals surface area (Å²) >= 11 is 11.4. The maximum Gasteiger partial charge on any atom is 0.293 e. The maximum absolute atomic E-state index is 14.1. The number of halogens is 5. The standard InChI is InChI=1S/C15H18ClF3N2.C6H6ClN.C3H6O2/c16-11-3-1-2-9(12(11)19)10-4-21-15(13(10)20)5-14(6-15,7-17)8-18;7-5-2-1-3-6(8)4-5;1-2-5-3-4/h1-3,10,13,21H,4-8,20H2;1-4H,8H2;3H,2H2,1H3. The molecule has 1 aliphatic heterocycles. The number of nitrogens with one attached hydrogen (secondary N) is 1. The predicted octanol–water partition coefficient (Wildman–Crippen LogP) is 5.05. The van der Waals surface area contributed by atoms with Gasteiger partial charge in [-0.15, -0.1) is 0 Å². The van der Waals surface area contributed by atoms with Crippen LogP contribution in [0, 0.1) is 11.2 Å². The van der Waals surface area contributed by atoms with Crippen LogP contribution in [0.15, 0.2) is 42.5 Å². The van der Waals surface area contributed by atoms with E-state index in [4.69, 9.17) is 34.7 Å². The molecule has 0 bridgehead atoms. The number of hydrogen-bond donors (Lipinski definition) is 3. The van der Waals surface area contributed by atoms with E-state index in [9.17, 15) is 18.0 Å². The lowest BCUT2D eigenvalue weighted by molar-refractivity contribution is -0.128. The van der Waals surface area contributed by atoms with Crippen LogP contribution in [0.1, 0.15) is 31.2 Å². The third kappa shape index (κ3) is 6.56. The van der Waals surface area contributed by atoms with Crippen molar-refractivity contribution in [1.82, 2.24) is 5.32 Å². The summed E-state index contributed by atoms with van der Waals surface area (Å²) in [5, 5.41) is 4.02. The molecule has 0 amide bonds. The van der Waals surface area contributed by atoms with Gasteiger partial charge >= 0.3 is 0 Å². The molecule has 188 valence electrons. The van der Waals surface area contributed by atoms with E-state index in [-0.39, 0.29) is 17.0 Å². The Hall–Kier alpha value is -2.00. The van der Waals surface area contributed by atoms with E-state index >= 15 is 0 Å². The number of nitrogens with two attached hydrogens (primary N) is 2. The van der Waals surface area contributed by atoms with Crippen molar-refractivity contribution in [1.29, 1.82) is 0 Å². The molecule has 1 spiro atoms. The summed E-state index contributed by atoms with van der Waals surface area (Å²) in [6, 6.07) is 11.6. The molecule has 34 heavy (non-hydrogen) atoms. The van der Waals surface area contributed by atoms with Crippen LogP contribution >= 0.6 is 23.2 Å². The quantitative estimate of drug-likeness (QED) is 0.379. The molecule has 1 saturated heterocycles. The molecule has 4 rings (SSSR count). The fraction of sp³-hybridized carbons (Fsp3) is 0.458. The number of rotatable bonds is 5. The fourth-order valence-corrected chi connectivity index (χ4v) is 4.88. The van der Waals surface area contributed by atoms with Crippen LogP contribution in [0.25, 0.3) is 0 Å². The number of hydrogen-bond acceptors (Lipinski definition) is 5. The lowest BCUT2D eigenvalue weighted by Crippen LogP contribution is -2.66. The molecule has 10 heteroatoms. The summed E-state index contributed by atoms with van der Waals surface area (Å²) in [6.45, 7) is 1.79. The first-order valence-electron chi connectivity index (χ1n) is 10.8. The van der Waals surface area contributed by atoms with Crippen molar-refractivity contribution in [3.8, 4) is 0 Å². The highest BCUT2D eigenvalue weighted by molar-refractivity contribution is 6.31.